The number of hydrogen-bond acceptors (Lipinski definition) is 3. The highest BCUT2D eigenvalue weighted by atomic mass is 32.1. The molecule has 0 unspecified atom stereocenters. The van der Waals surface area contributed by atoms with Crippen LogP contribution in [0.1, 0.15) is 5.01 Å². The van der Waals surface area contributed by atoms with Crippen molar-refractivity contribution in [1.29, 1.82) is 5.41 Å². The van der Waals surface area contributed by atoms with Crippen molar-refractivity contribution in [2.45, 2.75) is 12.1 Å². The Morgan fingerprint density at radius 2 is 1.79 bits per heavy atom. The zero-order valence-corrected chi connectivity index (χ0v) is 7.51. The number of aryl methyl sites for hydroxylation is 1. The van der Waals surface area contributed by atoms with Gasteiger partial charge in [0.25, 0.3) is 0 Å². The lowest BCUT2D eigenvalue weighted by molar-refractivity contribution is -0.289. The van der Waals surface area contributed by atoms with Crippen molar-refractivity contribution >= 4 is 11.3 Å². The molecule has 1 aromatic rings. The number of nitrogens with zero attached hydrogens (tertiary/aromatic N) is 2. The van der Waals surface area contributed by atoms with Crippen molar-refractivity contribution in [3.63, 3.8) is 0 Å². The van der Waals surface area contributed by atoms with Gasteiger partial charge in [0.15, 0.2) is 9.81 Å². The predicted molar refractivity (Wildman–Crippen MR) is 36.9 cm³/mol. The summed E-state index contributed by atoms with van der Waals surface area (Å²) in [6.07, 6.45) is -5.68. The number of aromatic nitrogens is 2. The third-order valence-electron chi connectivity index (χ3n) is 1.35. The molecule has 0 aromatic carbocycles. The fourth-order valence-corrected chi connectivity index (χ4v) is 1.37. The second kappa shape index (κ2) is 3.01. The summed E-state index contributed by atoms with van der Waals surface area (Å²) in [5, 5.41) is 8.45. The van der Waals surface area contributed by atoms with Gasteiger partial charge in [0.1, 0.15) is 0 Å². The van der Waals surface area contributed by atoms with Crippen LogP contribution < -0.4 is 4.80 Å². The van der Waals surface area contributed by atoms with Crippen molar-refractivity contribution in [3.8, 4) is 0 Å². The molecule has 0 fully saturated rings. The molecule has 80 valence electrons. The summed E-state index contributed by atoms with van der Waals surface area (Å²) in [7, 11) is 1.12. The van der Waals surface area contributed by atoms with Crippen LogP contribution in [0, 0.1) is 5.41 Å². The summed E-state index contributed by atoms with van der Waals surface area (Å²) in [4.78, 5) is -0.469. The van der Waals surface area contributed by atoms with Gasteiger partial charge in [-0.1, -0.05) is 11.3 Å². The van der Waals surface area contributed by atoms with E-state index in [9.17, 15) is 22.0 Å². The quantitative estimate of drug-likeness (QED) is 0.736. The van der Waals surface area contributed by atoms with E-state index in [4.69, 9.17) is 5.41 Å². The second-order valence-electron chi connectivity index (χ2n) is 2.41. The van der Waals surface area contributed by atoms with Gasteiger partial charge >= 0.3 is 12.1 Å². The number of hydrogen-bond donors (Lipinski definition) is 1. The Morgan fingerprint density at radius 1 is 1.29 bits per heavy atom. The van der Waals surface area contributed by atoms with Crippen molar-refractivity contribution in [3.05, 3.63) is 9.81 Å². The molecule has 0 saturated carbocycles. The van der Waals surface area contributed by atoms with Crippen LogP contribution in [-0.2, 0) is 13.0 Å². The highest BCUT2D eigenvalue weighted by molar-refractivity contribution is 7.08. The fraction of sp³-hybridized carbons (Fsp3) is 0.600. The number of halogens is 5. The van der Waals surface area contributed by atoms with Gasteiger partial charge in [0, 0.05) is 7.05 Å². The first-order valence-electron chi connectivity index (χ1n) is 3.20. The third-order valence-corrected chi connectivity index (χ3v) is 2.34. The smallest absolute Gasteiger partial charge is 0.274 e. The molecule has 3 nitrogen and oxygen atoms in total. The van der Waals surface area contributed by atoms with Crippen molar-refractivity contribution in [2.75, 3.05) is 0 Å². The summed E-state index contributed by atoms with van der Waals surface area (Å²) in [5.74, 6) is -4.99. The molecular formula is C5H4F5N3S. The molecule has 1 heterocycles. The zero-order valence-electron chi connectivity index (χ0n) is 6.69. The van der Waals surface area contributed by atoms with Crippen LogP contribution >= 0.6 is 11.3 Å². The predicted octanol–water partition coefficient (Wildman–Crippen LogP) is 1.62. The maximum Gasteiger partial charge on any atom is 0.460 e. The van der Waals surface area contributed by atoms with E-state index in [0.717, 1.165) is 7.05 Å². The largest absolute Gasteiger partial charge is 0.460 e. The molecule has 0 atom stereocenters. The molecule has 1 aromatic heterocycles. The second-order valence-corrected chi connectivity index (χ2v) is 3.39. The van der Waals surface area contributed by atoms with Crippen LogP contribution in [0.5, 0.6) is 0 Å². The Labute approximate surface area is 78.3 Å². The third kappa shape index (κ3) is 1.63. The molecule has 0 saturated heterocycles. The highest BCUT2D eigenvalue weighted by Gasteiger charge is 2.61. The number of alkyl halides is 5. The van der Waals surface area contributed by atoms with Gasteiger partial charge in [0.05, 0.1) is 0 Å². The van der Waals surface area contributed by atoms with E-state index < -0.39 is 21.9 Å². The van der Waals surface area contributed by atoms with E-state index in [0.29, 0.717) is 4.68 Å². The van der Waals surface area contributed by atoms with E-state index in [-0.39, 0.29) is 11.3 Å². The van der Waals surface area contributed by atoms with Gasteiger partial charge < -0.3 is 0 Å². The Balaban J connectivity index is 3.23. The van der Waals surface area contributed by atoms with Gasteiger partial charge in [-0.05, 0) is 0 Å². The molecular weight excluding hydrogens is 229 g/mol. The Hall–Kier alpha value is -0.990. The van der Waals surface area contributed by atoms with Crippen molar-refractivity contribution in [1.82, 2.24) is 9.78 Å². The van der Waals surface area contributed by atoms with Gasteiger partial charge in [0.2, 0.25) is 0 Å². The van der Waals surface area contributed by atoms with Crippen LogP contribution in [0.3, 0.4) is 0 Å². The minimum absolute atomic E-state index is 0.00331. The molecule has 0 amide bonds. The molecule has 1 rings (SSSR count). The van der Waals surface area contributed by atoms with Crippen molar-refractivity contribution in [2.24, 2.45) is 7.05 Å². The average Bonchev–Trinajstić information content (AvgIpc) is 2.30. The molecule has 0 aliphatic carbocycles. The standard InChI is InChI=1S/C5H4F5N3S/c1-13-3(11)14-2(12-13)4(6,7)5(8,9)10/h11H,1H3. The SMILES string of the molecule is Cn1nc(C(F)(F)C(F)(F)F)sc1=N. The number of nitrogens with one attached hydrogen (secondary N) is 1. The molecule has 0 aliphatic heterocycles. The van der Waals surface area contributed by atoms with Crippen LogP contribution in [-0.4, -0.2) is 16.0 Å². The molecule has 0 bridgehead atoms. The molecule has 9 heteroatoms. The minimum Gasteiger partial charge on any atom is -0.274 e. The van der Waals surface area contributed by atoms with E-state index in [1.54, 1.807) is 0 Å². The Morgan fingerprint density at radius 3 is 2.07 bits per heavy atom. The minimum atomic E-state index is -5.68. The highest BCUT2D eigenvalue weighted by Crippen LogP contribution is 2.43. The first-order valence-corrected chi connectivity index (χ1v) is 4.01. The fourth-order valence-electron chi connectivity index (χ4n) is 0.608. The Bertz CT molecular complexity index is 389. The van der Waals surface area contributed by atoms with Gasteiger partial charge in [-0.3, -0.25) is 5.41 Å². The molecule has 0 aliphatic rings. The summed E-state index contributed by atoms with van der Waals surface area (Å²) < 4.78 is 61.2. The zero-order chi connectivity index (χ0) is 11.1. The first kappa shape index (κ1) is 11.1. The average molecular weight is 233 g/mol. The summed E-state index contributed by atoms with van der Waals surface area (Å²) in [6.45, 7) is 0. The van der Waals surface area contributed by atoms with Crippen LogP contribution in [0.25, 0.3) is 0 Å². The van der Waals surface area contributed by atoms with Gasteiger partial charge in [-0.2, -0.15) is 27.1 Å². The van der Waals surface area contributed by atoms with Crippen LogP contribution in [0.4, 0.5) is 22.0 Å². The molecule has 0 spiro atoms. The van der Waals surface area contributed by atoms with Crippen LogP contribution in [0.15, 0.2) is 0 Å². The molecule has 0 radical (unpaired) electrons. The lowest BCUT2D eigenvalue weighted by Gasteiger charge is -2.15. The van der Waals surface area contributed by atoms with E-state index in [1.807, 2.05) is 0 Å². The number of rotatable bonds is 1. The molecule has 14 heavy (non-hydrogen) atoms. The normalized spacial score (nSPS) is 13.3. The Kier molecular flexibility index (Phi) is 2.38. The summed E-state index contributed by atoms with van der Waals surface area (Å²) >= 11 is -0.00331. The maximum atomic E-state index is 12.6. The molecule has 1 N–H and O–H groups in total. The van der Waals surface area contributed by atoms with Crippen LogP contribution in [0.2, 0.25) is 0 Å². The van der Waals surface area contributed by atoms with E-state index >= 15 is 0 Å². The van der Waals surface area contributed by atoms with Crippen molar-refractivity contribution < 1.29 is 22.0 Å². The first-order chi connectivity index (χ1) is 6.16. The lowest BCUT2D eigenvalue weighted by atomic mass is 10.3. The monoisotopic (exact) mass is 233 g/mol. The van der Waals surface area contributed by atoms with E-state index in [1.165, 1.54) is 0 Å². The summed E-state index contributed by atoms with van der Waals surface area (Å²) in [5.41, 5.74) is 0. The van der Waals surface area contributed by atoms with E-state index in [2.05, 4.69) is 5.10 Å². The lowest BCUT2D eigenvalue weighted by Crippen LogP contribution is -2.33. The van der Waals surface area contributed by atoms with Gasteiger partial charge in [-0.15, -0.1) is 0 Å². The summed E-state index contributed by atoms with van der Waals surface area (Å²) in [6, 6.07) is 0. The topological polar surface area (TPSA) is 41.7 Å². The van der Waals surface area contributed by atoms with Gasteiger partial charge in [-0.25, -0.2) is 4.68 Å². The maximum absolute atomic E-state index is 12.6.